The Morgan fingerprint density at radius 3 is 1.67 bits per heavy atom. The van der Waals surface area contributed by atoms with Gasteiger partial charge in [0.2, 0.25) is 0 Å². The third-order valence-electron chi connectivity index (χ3n) is 11.8. The fourth-order valence-electron chi connectivity index (χ4n) is 8.54. The van der Waals surface area contributed by atoms with Crippen molar-refractivity contribution in [3.63, 3.8) is 0 Å². The Hall–Kier alpha value is -4.17. The molecule has 0 aromatic heterocycles. The summed E-state index contributed by atoms with van der Waals surface area (Å²) in [6.45, 7) is 19.1. The van der Waals surface area contributed by atoms with E-state index in [4.69, 9.17) is 18.2 Å². The van der Waals surface area contributed by atoms with Crippen LogP contribution in [0.25, 0.3) is 0 Å². The lowest BCUT2D eigenvalue weighted by Gasteiger charge is -2.48. The molecule has 12 heteroatoms. The van der Waals surface area contributed by atoms with Gasteiger partial charge in [-0.15, -0.1) is 0 Å². The van der Waals surface area contributed by atoms with E-state index in [-0.39, 0.29) is 42.9 Å². The van der Waals surface area contributed by atoms with E-state index in [2.05, 4.69) is 74.2 Å². The minimum Gasteiger partial charge on any atom is -0.407 e. The van der Waals surface area contributed by atoms with E-state index in [0.29, 0.717) is 26.1 Å². The maximum Gasteiger partial charge on any atom is 0.329 e. The lowest BCUT2D eigenvalue weighted by molar-refractivity contribution is -0.205. The molecule has 0 N–H and O–H groups in total. The summed E-state index contributed by atoms with van der Waals surface area (Å²) in [5.41, 5.74) is -0.169. The van der Waals surface area contributed by atoms with Crippen LogP contribution in [0.15, 0.2) is 121 Å². The Bertz CT molecular complexity index is 2040. The first-order valence-corrected chi connectivity index (χ1v) is 24.7. The molecule has 5 rings (SSSR count). The van der Waals surface area contributed by atoms with Gasteiger partial charge in [-0.2, -0.15) is 13.5 Å². The molecular weight excluding hydrogens is 805 g/mol. The predicted molar refractivity (Wildman–Crippen MR) is 244 cm³/mol. The lowest BCUT2D eigenvalue weighted by atomic mass is 9.70. The Morgan fingerprint density at radius 2 is 1.23 bits per heavy atom. The van der Waals surface area contributed by atoms with E-state index >= 15 is 0 Å². The van der Waals surface area contributed by atoms with Crippen molar-refractivity contribution in [1.29, 1.82) is 0 Å². The monoisotopic (exact) mass is 870 g/mol. The molecule has 61 heavy (non-hydrogen) atoms. The van der Waals surface area contributed by atoms with Gasteiger partial charge < -0.3 is 14.0 Å². The van der Waals surface area contributed by atoms with Gasteiger partial charge in [-0.3, -0.25) is 18.7 Å². The molecule has 4 aromatic carbocycles. The number of carbonyl (C=O) groups is 2. The predicted octanol–water partition coefficient (Wildman–Crippen LogP) is 7.91. The van der Waals surface area contributed by atoms with Crippen molar-refractivity contribution in [2.24, 2.45) is 10.8 Å². The normalized spacial score (nSPS) is 17.8. The van der Waals surface area contributed by atoms with Crippen LogP contribution >= 0.6 is 0 Å². The van der Waals surface area contributed by atoms with Gasteiger partial charge in [0.05, 0.1) is 31.6 Å². The minimum absolute atomic E-state index is 0.0242. The van der Waals surface area contributed by atoms with Gasteiger partial charge in [0.15, 0.2) is 0 Å². The summed E-state index contributed by atoms with van der Waals surface area (Å²) < 4.78 is 45.2. The van der Waals surface area contributed by atoms with Gasteiger partial charge in [0, 0.05) is 33.0 Å². The molecule has 1 fully saturated rings. The fraction of sp³-hybridized carbons (Fsp3) is 0.469. The van der Waals surface area contributed by atoms with Crippen LogP contribution in [-0.4, -0.2) is 82.3 Å². The van der Waals surface area contributed by atoms with Crippen LogP contribution in [0.4, 0.5) is 0 Å². The molecule has 1 saturated heterocycles. The van der Waals surface area contributed by atoms with Crippen molar-refractivity contribution >= 4 is 40.7 Å². The van der Waals surface area contributed by atoms with E-state index in [9.17, 15) is 18.0 Å². The van der Waals surface area contributed by atoms with Crippen molar-refractivity contribution in [2.45, 2.75) is 105 Å². The zero-order chi connectivity index (χ0) is 44.5. The summed E-state index contributed by atoms with van der Waals surface area (Å²) in [4.78, 5) is 35.0. The second-order valence-electron chi connectivity index (χ2n) is 19.0. The van der Waals surface area contributed by atoms with Crippen LogP contribution in [0.5, 0.6) is 0 Å². The van der Waals surface area contributed by atoms with E-state index in [0.717, 1.165) is 16.2 Å². The number of rotatable bonds is 20. The maximum absolute atomic E-state index is 14.8. The average Bonchev–Trinajstić information content (AvgIpc) is 3.49. The Morgan fingerprint density at radius 1 is 0.754 bits per heavy atom. The van der Waals surface area contributed by atoms with E-state index < -0.39 is 46.8 Å². The highest BCUT2D eigenvalue weighted by Crippen LogP contribution is 2.48. The summed E-state index contributed by atoms with van der Waals surface area (Å²) in [7, 11) is -6.73. The number of amides is 1. The lowest BCUT2D eigenvalue weighted by Crippen LogP contribution is -2.66. The highest BCUT2D eigenvalue weighted by molar-refractivity contribution is 7.86. The molecule has 10 nitrogen and oxygen atoms in total. The van der Waals surface area contributed by atoms with Crippen LogP contribution in [0, 0.1) is 10.8 Å². The van der Waals surface area contributed by atoms with Crippen molar-refractivity contribution in [3.8, 4) is 0 Å². The number of carbonyl (C=O) groups excluding carboxylic acids is 2. The molecule has 0 spiro atoms. The molecule has 330 valence electrons. The van der Waals surface area contributed by atoms with Crippen molar-refractivity contribution < 1.29 is 36.2 Å². The van der Waals surface area contributed by atoms with Crippen LogP contribution in [0.3, 0.4) is 0 Å². The Kier molecular flexibility index (Phi) is 15.6. The average molecular weight is 871 g/mol. The standard InChI is InChI=1S/C49H66N2O8SSi/c1-39(52)59-51-42(34-49(45(51)53,46(2,3)4)50(35-40-22-14-10-15-23-40)36-41-24-16-11-17-25-41)37-56-32-33-60(54,55)57-38-48(8,9)30-31-58-61(47(5,6)7,43-26-18-12-19-27-43)44-28-20-13-21-29-44/h10-29,42H,30-38H2,1-9H3/t42-,49+/m0/s1. The number of hydrogen-bond acceptors (Lipinski definition) is 9. The van der Waals surface area contributed by atoms with Gasteiger partial charge in [-0.05, 0) is 43.8 Å². The van der Waals surface area contributed by atoms with Crippen LogP contribution in [0.2, 0.25) is 5.04 Å². The van der Waals surface area contributed by atoms with Crippen molar-refractivity contribution in [3.05, 3.63) is 132 Å². The van der Waals surface area contributed by atoms with Crippen LogP contribution in [0.1, 0.15) is 86.3 Å². The number of hydroxylamine groups is 2. The van der Waals surface area contributed by atoms with Gasteiger partial charge in [-0.1, -0.05) is 177 Å². The molecule has 2 atom stereocenters. The van der Waals surface area contributed by atoms with Crippen molar-refractivity contribution in [2.75, 3.05) is 32.2 Å². The number of benzene rings is 4. The topological polar surface area (TPSA) is 112 Å². The first kappa shape index (κ1) is 47.9. The van der Waals surface area contributed by atoms with Gasteiger partial charge in [0.1, 0.15) is 5.54 Å². The molecule has 1 heterocycles. The number of nitrogens with zero attached hydrogens (tertiary/aromatic N) is 2. The van der Waals surface area contributed by atoms with Crippen LogP contribution in [-0.2, 0) is 51.0 Å². The van der Waals surface area contributed by atoms with Crippen LogP contribution < -0.4 is 10.4 Å². The van der Waals surface area contributed by atoms with Gasteiger partial charge in [0.25, 0.3) is 24.3 Å². The first-order chi connectivity index (χ1) is 28.7. The number of ether oxygens (including phenoxy) is 1. The molecular formula is C49H66N2O8SSi. The largest absolute Gasteiger partial charge is 0.407 e. The minimum atomic E-state index is -3.98. The second-order valence-corrected chi connectivity index (χ2v) is 25.1. The van der Waals surface area contributed by atoms with Crippen molar-refractivity contribution in [1.82, 2.24) is 9.96 Å². The molecule has 4 aromatic rings. The second kappa shape index (κ2) is 19.9. The third-order valence-corrected chi connectivity index (χ3v) is 18.0. The molecule has 1 aliphatic rings. The Labute approximate surface area is 365 Å². The van der Waals surface area contributed by atoms with Gasteiger partial charge >= 0.3 is 5.97 Å². The zero-order valence-electron chi connectivity index (χ0n) is 37.6. The molecule has 0 bridgehead atoms. The molecule has 0 aliphatic carbocycles. The zero-order valence-corrected chi connectivity index (χ0v) is 39.4. The molecule has 0 unspecified atom stereocenters. The summed E-state index contributed by atoms with van der Waals surface area (Å²) in [5.74, 6) is -1.35. The van der Waals surface area contributed by atoms with E-state index in [1.165, 1.54) is 17.3 Å². The number of hydrogen-bond donors (Lipinski definition) is 0. The SMILES string of the molecule is CC(=O)ON1C(=O)[C@@](N(Cc2ccccc2)Cc2ccccc2)(C(C)(C)C)C[C@H]1COCCS(=O)(=O)OCC(C)(C)CCO[Si](c1ccccc1)(c1ccccc1)C(C)(C)C. The van der Waals surface area contributed by atoms with E-state index in [1.807, 2.05) is 107 Å². The smallest absolute Gasteiger partial charge is 0.329 e. The first-order valence-electron chi connectivity index (χ1n) is 21.3. The quantitative estimate of drug-likeness (QED) is 0.0497. The fourth-order valence-corrected chi connectivity index (χ4v) is 14.0. The highest BCUT2D eigenvalue weighted by atomic mass is 32.2. The molecule has 1 aliphatic heterocycles. The molecule has 0 radical (unpaired) electrons. The molecule has 0 saturated carbocycles. The summed E-state index contributed by atoms with van der Waals surface area (Å²) >= 11 is 0. The molecule has 1 amide bonds. The van der Waals surface area contributed by atoms with E-state index in [1.54, 1.807) is 0 Å². The summed E-state index contributed by atoms with van der Waals surface area (Å²) in [6.07, 6.45) is 0.863. The van der Waals surface area contributed by atoms with Gasteiger partial charge in [-0.25, -0.2) is 0 Å². The Balaban J connectivity index is 1.24. The third kappa shape index (κ3) is 11.7. The maximum atomic E-state index is 14.8. The highest BCUT2D eigenvalue weighted by Gasteiger charge is 2.62. The summed E-state index contributed by atoms with van der Waals surface area (Å²) in [6, 6.07) is 40.1. The summed E-state index contributed by atoms with van der Waals surface area (Å²) in [5, 5.41) is 3.34.